The monoisotopic (exact) mass is 204 g/mol. The number of hydrogen-bond donors (Lipinski definition) is 2. The molecule has 1 aromatic carbocycles. The van der Waals surface area contributed by atoms with Crippen LogP contribution in [0.4, 0.5) is 0 Å². The van der Waals surface area contributed by atoms with E-state index in [9.17, 15) is 0 Å². The maximum atomic E-state index is 5.76. The summed E-state index contributed by atoms with van der Waals surface area (Å²) in [6, 6.07) is 10.2. The van der Waals surface area contributed by atoms with E-state index in [-0.39, 0.29) is 0 Å². The Kier molecular flexibility index (Phi) is 3.08. The highest BCUT2D eigenvalue weighted by molar-refractivity contribution is 5.23. The molecule has 1 saturated carbocycles. The van der Waals surface area contributed by atoms with Crippen molar-refractivity contribution < 1.29 is 0 Å². The van der Waals surface area contributed by atoms with Gasteiger partial charge in [-0.05, 0) is 32.3 Å². The summed E-state index contributed by atoms with van der Waals surface area (Å²) in [5.41, 5.74) is 8.44. The van der Waals surface area contributed by atoms with Gasteiger partial charge in [-0.25, -0.2) is 0 Å². The van der Waals surface area contributed by atoms with E-state index in [4.69, 9.17) is 5.73 Å². The number of nitrogens with two attached hydrogens (primary N) is 1. The van der Waals surface area contributed by atoms with E-state index in [2.05, 4.69) is 43.4 Å². The minimum Gasteiger partial charge on any atom is -0.328 e. The van der Waals surface area contributed by atoms with Gasteiger partial charge in [0.1, 0.15) is 0 Å². The molecule has 1 aliphatic carbocycles. The van der Waals surface area contributed by atoms with Crippen LogP contribution in [-0.4, -0.2) is 12.1 Å². The van der Waals surface area contributed by atoms with Crippen LogP contribution in [-0.2, 0) is 0 Å². The summed E-state index contributed by atoms with van der Waals surface area (Å²) in [6.45, 7) is 4.33. The zero-order valence-corrected chi connectivity index (χ0v) is 9.53. The van der Waals surface area contributed by atoms with Crippen molar-refractivity contribution in [1.29, 1.82) is 0 Å². The molecule has 1 atom stereocenters. The minimum atomic E-state index is 0.424. The minimum absolute atomic E-state index is 0.424. The van der Waals surface area contributed by atoms with E-state index in [0.717, 1.165) is 12.8 Å². The highest BCUT2D eigenvalue weighted by atomic mass is 15.0. The topological polar surface area (TPSA) is 38.0 Å². The van der Waals surface area contributed by atoms with E-state index in [1.807, 2.05) is 0 Å². The van der Waals surface area contributed by atoms with Gasteiger partial charge >= 0.3 is 0 Å². The van der Waals surface area contributed by atoms with Crippen molar-refractivity contribution in [2.75, 3.05) is 0 Å². The van der Waals surface area contributed by atoms with Crippen LogP contribution in [0, 0.1) is 6.92 Å². The molecule has 0 radical (unpaired) electrons. The average Bonchev–Trinajstić information content (AvgIpc) is 2.16. The van der Waals surface area contributed by atoms with Crippen LogP contribution < -0.4 is 11.1 Å². The molecule has 1 fully saturated rings. The molecule has 0 saturated heterocycles. The van der Waals surface area contributed by atoms with Gasteiger partial charge in [0.15, 0.2) is 0 Å². The summed E-state index contributed by atoms with van der Waals surface area (Å²) >= 11 is 0. The second-order valence-corrected chi connectivity index (χ2v) is 4.73. The molecule has 82 valence electrons. The molecule has 2 rings (SSSR count). The Bertz CT molecular complexity index is 312. The van der Waals surface area contributed by atoms with Crippen molar-refractivity contribution in [3.8, 4) is 0 Å². The van der Waals surface area contributed by atoms with Crippen LogP contribution in [0.3, 0.4) is 0 Å². The highest BCUT2D eigenvalue weighted by Crippen LogP contribution is 2.22. The molecular formula is C13H20N2. The first-order valence-corrected chi connectivity index (χ1v) is 5.73. The van der Waals surface area contributed by atoms with Crippen LogP contribution in [0.25, 0.3) is 0 Å². The van der Waals surface area contributed by atoms with Crippen molar-refractivity contribution in [3.05, 3.63) is 35.4 Å². The lowest BCUT2D eigenvalue weighted by atomic mass is 9.87. The molecule has 2 heteroatoms. The summed E-state index contributed by atoms with van der Waals surface area (Å²) in [6.07, 6.45) is 2.24. The van der Waals surface area contributed by atoms with E-state index in [1.54, 1.807) is 0 Å². The highest BCUT2D eigenvalue weighted by Gasteiger charge is 2.26. The van der Waals surface area contributed by atoms with Crippen LogP contribution >= 0.6 is 0 Å². The van der Waals surface area contributed by atoms with E-state index in [1.165, 1.54) is 11.1 Å². The molecule has 0 amide bonds. The Morgan fingerprint density at radius 3 is 2.40 bits per heavy atom. The predicted octanol–water partition coefficient (Wildman–Crippen LogP) is 2.14. The molecule has 1 aliphatic rings. The van der Waals surface area contributed by atoms with E-state index < -0.39 is 0 Å². The number of nitrogens with one attached hydrogen (secondary N) is 1. The van der Waals surface area contributed by atoms with Crippen molar-refractivity contribution in [1.82, 2.24) is 5.32 Å². The second-order valence-electron chi connectivity index (χ2n) is 4.73. The summed E-state index contributed by atoms with van der Waals surface area (Å²) in [7, 11) is 0. The molecule has 0 heterocycles. The Morgan fingerprint density at radius 2 is 1.87 bits per heavy atom. The first-order valence-electron chi connectivity index (χ1n) is 5.73. The van der Waals surface area contributed by atoms with Crippen molar-refractivity contribution >= 4 is 0 Å². The molecule has 15 heavy (non-hydrogen) atoms. The Morgan fingerprint density at radius 1 is 1.27 bits per heavy atom. The normalized spacial score (nSPS) is 27.1. The van der Waals surface area contributed by atoms with Gasteiger partial charge in [-0.3, -0.25) is 0 Å². The molecule has 0 spiro atoms. The second kappa shape index (κ2) is 4.33. The Hall–Kier alpha value is -0.860. The van der Waals surface area contributed by atoms with E-state index >= 15 is 0 Å². The summed E-state index contributed by atoms with van der Waals surface area (Å²) in [4.78, 5) is 0. The van der Waals surface area contributed by atoms with Gasteiger partial charge in [-0.15, -0.1) is 0 Å². The Labute approximate surface area is 91.9 Å². The summed E-state index contributed by atoms with van der Waals surface area (Å²) in [5.74, 6) is 0. The van der Waals surface area contributed by atoms with Gasteiger partial charge in [-0.2, -0.15) is 0 Å². The summed E-state index contributed by atoms with van der Waals surface area (Å²) in [5, 5.41) is 3.60. The predicted molar refractivity (Wildman–Crippen MR) is 63.7 cm³/mol. The fourth-order valence-electron chi connectivity index (χ4n) is 2.10. The van der Waals surface area contributed by atoms with Gasteiger partial charge in [0.05, 0.1) is 0 Å². The third kappa shape index (κ3) is 2.58. The maximum absolute atomic E-state index is 5.76. The SMILES string of the molecule is Cc1ccc([C@@H](C)NC2CC(N)C2)cc1. The van der Waals surface area contributed by atoms with Crippen LogP contribution in [0.5, 0.6) is 0 Å². The zero-order valence-electron chi connectivity index (χ0n) is 9.53. The lowest BCUT2D eigenvalue weighted by molar-refractivity contribution is 0.272. The lowest BCUT2D eigenvalue weighted by Gasteiger charge is -2.35. The molecular weight excluding hydrogens is 184 g/mol. The smallest absolute Gasteiger partial charge is 0.0294 e. The molecule has 3 N–H and O–H groups in total. The number of rotatable bonds is 3. The van der Waals surface area contributed by atoms with Crippen molar-refractivity contribution in [3.63, 3.8) is 0 Å². The van der Waals surface area contributed by atoms with Gasteiger partial charge in [0.2, 0.25) is 0 Å². The van der Waals surface area contributed by atoms with Crippen molar-refractivity contribution in [2.45, 2.75) is 44.8 Å². The van der Waals surface area contributed by atoms with Crippen LogP contribution in [0.1, 0.15) is 36.9 Å². The first kappa shape index (κ1) is 10.7. The first-order chi connectivity index (χ1) is 7.15. The quantitative estimate of drug-likeness (QED) is 0.791. The van der Waals surface area contributed by atoms with Crippen LogP contribution in [0.15, 0.2) is 24.3 Å². The fourth-order valence-corrected chi connectivity index (χ4v) is 2.10. The molecule has 0 aromatic heterocycles. The van der Waals surface area contributed by atoms with Gasteiger partial charge in [0.25, 0.3) is 0 Å². The Balaban J connectivity index is 1.90. The molecule has 0 unspecified atom stereocenters. The number of aryl methyl sites for hydroxylation is 1. The third-order valence-electron chi connectivity index (χ3n) is 3.24. The maximum Gasteiger partial charge on any atom is 0.0294 e. The largest absolute Gasteiger partial charge is 0.328 e. The number of hydrogen-bond acceptors (Lipinski definition) is 2. The molecule has 0 bridgehead atoms. The zero-order chi connectivity index (χ0) is 10.8. The number of benzene rings is 1. The van der Waals surface area contributed by atoms with Crippen LogP contribution in [0.2, 0.25) is 0 Å². The average molecular weight is 204 g/mol. The third-order valence-corrected chi connectivity index (χ3v) is 3.24. The van der Waals surface area contributed by atoms with Gasteiger partial charge in [0, 0.05) is 18.1 Å². The standard InChI is InChI=1S/C13H20N2/c1-9-3-5-11(6-4-9)10(2)15-13-7-12(14)8-13/h3-6,10,12-13,15H,7-8,14H2,1-2H3/t10-,12?,13?/m1/s1. The summed E-state index contributed by atoms with van der Waals surface area (Å²) < 4.78 is 0. The molecule has 1 aromatic rings. The van der Waals surface area contributed by atoms with E-state index in [0.29, 0.717) is 18.1 Å². The van der Waals surface area contributed by atoms with Gasteiger partial charge in [-0.1, -0.05) is 29.8 Å². The molecule has 0 aliphatic heterocycles. The lowest BCUT2D eigenvalue weighted by Crippen LogP contribution is -2.49. The molecule has 2 nitrogen and oxygen atoms in total. The van der Waals surface area contributed by atoms with Crippen molar-refractivity contribution in [2.24, 2.45) is 5.73 Å². The fraction of sp³-hybridized carbons (Fsp3) is 0.538. The van der Waals surface area contributed by atoms with Gasteiger partial charge < -0.3 is 11.1 Å².